The lowest BCUT2D eigenvalue weighted by atomic mass is 10.3. The Morgan fingerprint density at radius 2 is 2.21 bits per heavy atom. The van der Waals surface area contributed by atoms with Crippen LogP contribution in [0.3, 0.4) is 0 Å². The number of hydrogen-bond donors (Lipinski definition) is 1. The SMILES string of the molecule is CCCNc1nc(C)cn1-c1cc(Cl)ccc1OC. The minimum absolute atomic E-state index is 0.670. The van der Waals surface area contributed by atoms with E-state index >= 15 is 0 Å². The minimum Gasteiger partial charge on any atom is -0.495 e. The molecule has 2 aromatic rings. The van der Waals surface area contributed by atoms with Gasteiger partial charge in [0.1, 0.15) is 5.75 Å². The van der Waals surface area contributed by atoms with E-state index in [2.05, 4.69) is 17.2 Å². The Hall–Kier alpha value is -1.68. The molecule has 1 N–H and O–H groups in total. The van der Waals surface area contributed by atoms with E-state index in [9.17, 15) is 0 Å². The highest BCUT2D eigenvalue weighted by molar-refractivity contribution is 6.30. The van der Waals surface area contributed by atoms with E-state index in [0.717, 1.165) is 36.0 Å². The number of rotatable bonds is 5. The third kappa shape index (κ3) is 3.01. The van der Waals surface area contributed by atoms with Crippen LogP contribution in [0.15, 0.2) is 24.4 Å². The summed E-state index contributed by atoms with van der Waals surface area (Å²) in [7, 11) is 1.65. The summed E-state index contributed by atoms with van der Waals surface area (Å²) in [5.74, 6) is 1.57. The maximum atomic E-state index is 6.08. The van der Waals surface area contributed by atoms with Crippen LogP contribution in [0.4, 0.5) is 5.95 Å². The second-order valence-corrected chi connectivity index (χ2v) is 4.76. The zero-order valence-corrected chi connectivity index (χ0v) is 12.2. The average molecular weight is 280 g/mol. The van der Waals surface area contributed by atoms with Gasteiger partial charge in [-0.25, -0.2) is 4.98 Å². The zero-order valence-electron chi connectivity index (χ0n) is 11.4. The topological polar surface area (TPSA) is 39.1 Å². The zero-order chi connectivity index (χ0) is 13.8. The van der Waals surface area contributed by atoms with Gasteiger partial charge < -0.3 is 10.1 Å². The molecule has 0 aliphatic heterocycles. The van der Waals surface area contributed by atoms with Crippen LogP contribution in [0.2, 0.25) is 5.02 Å². The van der Waals surface area contributed by atoms with Gasteiger partial charge in [0.05, 0.1) is 18.5 Å². The normalized spacial score (nSPS) is 10.5. The standard InChI is InChI=1S/C14H18ClN3O/c1-4-7-16-14-17-10(2)9-18(14)12-8-11(15)5-6-13(12)19-3/h5-6,8-9H,4,7H2,1-3H3,(H,16,17). The molecule has 0 unspecified atom stereocenters. The van der Waals surface area contributed by atoms with E-state index in [1.807, 2.05) is 35.9 Å². The molecule has 0 saturated heterocycles. The van der Waals surface area contributed by atoms with Crippen LogP contribution < -0.4 is 10.1 Å². The van der Waals surface area contributed by atoms with Crippen LogP contribution >= 0.6 is 11.6 Å². The lowest BCUT2D eigenvalue weighted by Crippen LogP contribution is -2.07. The highest BCUT2D eigenvalue weighted by Gasteiger charge is 2.12. The molecule has 0 bridgehead atoms. The number of ether oxygens (including phenoxy) is 1. The monoisotopic (exact) mass is 279 g/mol. The molecule has 0 atom stereocenters. The molecule has 2 rings (SSSR count). The number of hydrogen-bond acceptors (Lipinski definition) is 3. The number of methoxy groups -OCH3 is 1. The van der Waals surface area contributed by atoms with Crippen LogP contribution in [0.1, 0.15) is 19.0 Å². The molecule has 0 aliphatic carbocycles. The maximum Gasteiger partial charge on any atom is 0.207 e. The number of benzene rings is 1. The van der Waals surface area contributed by atoms with Gasteiger partial charge in [-0.15, -0.1) is 0 Å². The summed E-state index contributed by atoms with van der Waals surface area (Å²) >= 11 is 6.08. The molecular weight excluding hydrogens is 262 g/mol. The first-order valence-electron chi connectivity index (χ1n) is 6.29. The molecule has 0 spiro atoms. The second kappa shape index (κ2) is 5.97. The fraction of sp³-hybridized carbons (Fsp3) is 0.357. The van der Waals surface area contributed by atoms with Gasteiger partial charge in [0.2, 0.25) is 5.95 Å². The molecule has 19 heavy (non-hydrogen) atoms. The maximum absolute atomic E-state index is 6.08. The highest BCUT2D eigenvalue weighted by atomic mass is 35.5. The van der Waals surface area contributed by atoms with E-state index in [1.165, 1.54) is 0 Å². The van der Waals surface area contributed by atoms with E-state index in [1.54, 1.807) is 7.11 Å². The number of aryl methyl sites for hydroxylation is 1. The van der Waals surface area contributed by atoms with E-state index in [4.69, 9.17) is 16.3 Å². The average Bonchev–Trinajstić information content (AvgIpc) is 2.77. The van der Waals surface area contributed by atoms with Gasteiger partial charge in [-0.05, 0) is 31.5 Å². The number of anilines is 1. The van der Waals surface area contributed by atoms with Crippen molar-refractivity contribution in [3.8, 4) is 11.4 Å². The molecule has 5 heteroatoms. The largest absolute Gasteiger partial charge is 0.495 e. The van der Waals surface area contributed by atoms with Crippen molar-refractivity contribution in [3.63, 3.8) is 0 Å². The van der Waals surface area contributed by atoms with Crippen molar-refractivity contribution in [1.29, 1.82) is 0 Å². The molecule has 0 radical (unpaired) electrons. The minimum atomic E-state index is 0.670. The Labute approximate surface area is 118 Å². The van der Waals surface area contributed by atoms with Crippen molar-refractivity contribution in [1.82, 2.24) is 9.55 Å². The van der Waals surface area contributed by atoms with Crippen LogP contribution in [0.25, 0.3) is 5.69 Å². The van der Waals surface area contributed by atoms with Crippen LogP contribution in [-0.4, -0.2) is 23.2 Å². The number of halogens is 1. The van der Waals surface area contributed by atoms with E-state index < -0.39 is 0 Å². The molecular formula is C14H18ClN3O. The van der Waals surface area contributed by atoms with Crippen molar-refractivity contribution >= 4 is 17.5 Å². The second-order valence-electron chi connectivity index (χ2n) is 4.32. The molecule has 1 aromatic heterocycles. The Balaban J connectivity index is 2.48. The van der Waals surface area contributed by atoms with Crippen LogP contribution in [0, 0.1) is 6.92 Å². The molecule has 1 aromatic carbocycles. The quantitative estimate of drug-likeness (QED) is 0.908. The van der Waals surface area contributed by atoms with Gasteiger partial charge in [-0.2, -0.15) is 0 Å². The highest BCUT2D eigenvalue weighted by Crippen LogP contribution is 2.29. The summed E-state index contributed by atoms with van der Waals surface area (Å²) in [5.41, 5.74) is 1.83. The first-order valence-corrected chi connectivity index (χ1v) is 6.67. The third-order valence-corrected chi connectivity index (χ3v) is 3.00. The van der Waals surface area contributed by atoms with Crippen LogP contribution in [0.5, 0.6) is 5.75 Å². The first-order chi connectivity index (χ1) is 9.15. The lowest BCUT2D eigenvalue weighted by Gasteiger charge is -2.13. The van der Waals surface area contributed by atoms with Crippen molar-refractivity contribution < 1.29 is 4.74 Å². The number of nitrogens with one attached hydrogen (secondary N) is 1. The Morgan fingerprint density at radius 1 is 1.42 bits per heavy atom. The summed E-state index contributed by atoms with van der Waals surface area (Å²) in [4.78, 5) is 4.48. The van der Waals surface area contributed by atoms with Gasteiger partial charge in [0.15, 0.2) is 0 Å². The predicted octanol–water partition coefficient (Wildman–Crippen LogP) is 3.66. The lowest BCUT2D eigenvalue weighted by molar-refractivity contribution is 0.413. The smallest absolute Gasteiger partial charge is 0.207 e. The summed E-state index contributed by atoms with van der Waals surface area (Å²) in [5, 5.41) is 3.98. The number of aromatic nitrogens is 2. The van der Waals surface area contributed by atoms with Gasteiger partial charge in [0.25, 0.3) is 0 Å². The fourth-order valence-corrected chi connectivity index (χ4v) is 2.06. The summed E-state index contributed by atoms with van der Waals surface area (Å²) in [6.45, 7) is 4.96. The van der Waals surface area contributed by atoms with Crippen molar-refractivity contribution in [3.05, 3.63) is 35.1 Å². The molecule has 0 amide bonds. The predicted molar refractivity (Wildman–Crippen MR) is 78.6 cm³/mol. The Morgan fingerprint density at radius 3 is 2.89 bits per heavy atom. The molecule has 0 saturated carbocycles. The molecule has 1 heterocycles. The van der Waals surface area contributed by atoms with Crippen molar-refractivity contribution in [2.45, 2.75) is 20.3 Å². The summed E-state index contributed by atoms with van der Waals surface area (Å²) < 4.78 is 7.36. The molecule has 0 fully saturated rings. The summed E-state index contributed by atoms with van der Waals surface area (Å²) in [6.07, 6.45) is 3.00. The Bertz CT molecular complexity index is 566. The van der Waals surface area contributed by atoms with Crippen molar-refractivity contribution in [2.75, 3.05) is 19.0 Å². The van der Waals surface area contributed by atoms with E-state index in [-0.39, 0.29) is 0 Å². The van der Waals surface area contributed by atoms with Gasteiger partial charge in [-0.3, -0.25) is 4.57 Å². The van der Waals surface area contributed by atoms with Gasteiger partial charge in [-0.1, -0.05) is 18.5 Å². The number of imidazole rings is 1. The van der Waals surface area contributed by atoms with E-state index in [0.29, 0.717) is 5.02 Å². The summed E-state index contributed by atoms with van der Waals surface area (Å²) in [6, 6.07) is 5.54. The number of nitrogens with zero attached hydrogens (tertiary/aromatic N) is 2. The Kier molecular flexibility index (Phi) is 4.32. The van der Waals surface area contributed by atoms with Gasteiger partial charge in [0, 0.05) is 17.8 Å². The molecule has 4 nitrogen and oxygen atoms in total. The van der Waals surface area contributed by atoms with Crippen LogP contribution in [-0.2, 0) is 0 Å². The first kappa shape index (κ1) is 13.7. The van der Waals surface area contributed by atoms with Gasteiger partial charge >= 0.3 is 0 Å². The van der Waals surface area contributed by atoms with Crippen molar-refractivity contribution in [2.24, 2.45) is 0 Å². The fourth-order valence-electron chi connectivity index (χ4n) is 1.89. The third-order valence-electron chi connectivity index (χ3n) is 2.76. The molecule has 0 aliphatic rings. The molecule has 102 valence electrons.